The van der Waals surface area contributed by atoms with E-state index in [1.165, 1.54) is 0 Å². The quantitative estimate of drug-likeness (QED) is 0.702. The van der Waals surface area contributed by atoms with Crippen LogP contribution in [0.4, 0.5) is 0 Å². The second kappa shape index (κ2) is 10.2. The lowest BCUT2D eigenvalue weighted by Gasteiger charge is -2.32. The summed E-state index contributed by atoms with van der Waals surface area (Å²) >= 11 is 5.89. The SMILES string of the molecule is COc1cccc(OCCNC(=O)C2CCCN(C(=O)c3ccc(Cl)cc3)C2)c1. The van der Waals surface area contributed by atoms with Crippen molar-refractivity contribution in [1.29, 1.82) is 0 Å². The number of likely N-dealkylation sites (tertiary alicyclic amines) is 1. The second-order valence-corrected chi connectivity index (χ2v) is 7.35. The maximum Gasteiger partial charge on any atom is 0.253 e. The number of carbonyl (C=O) groups is 2. The van der Waals surface area contributed by atoms with Gasteiger partial charge in [0.15, 0.2) is 0 Å². The monoisotopic (exact) mass is 416 g/mol. The van der Waals surface area contributed by atoms with Crippen molar-refractivity contribution in [2.45, 2.75) is 12.8 Å². The minimum Gasteiger partial charge on any atom is -0.497 e. The Bertz CT molecular complexity index is 841. The van der Waals surface area contributed by atoms with E-state index in [-0.39, 0.29) is 17.7 Å². The molecule has 0 aliphatic carbocycles. The van der Waals surface area contributed by atoms with Crippen molar-refractivity contribution >= 4 is 23.4 Å². The largest absolute Gasteiger partial charge is 0.497 e. The minimum absolute atomic E-state index is 0.0483. The van der Waals surface area contributed by atoms with Gasteiger partial charge in [-0.3, -0.25) is 9.59 Å². The van der Waals surface area contributed by atoms with Crippen LogP contribution in [-0.2, 0) is 4.79 Å². The lowest BCUT2D eigenvalue weighted by molar-refractivity contribution is -0.126. The molecule has 1 aliphatic rings. The van der Waals surface area contributed by atoms with E-state index < -0.39 is 0 Å². The first-order valence-electron chi connectivity index (χ1n) is 9.66. The number of benzene rings is 2. The Kier molecular flexibility index (Phi) is 7.36. The van der Waals surface area contributed by atoms with Gasteiger partial charge >= 0.3 is 0 Å². The molecule has 1 N–H and O–H groups in total. The first kappa shape index (κ1) is 21.0. The predicted molar refractivity (Wildman–Crippen MR) is 112 cm³/mol. The summed E-state index contributed by atoms with van der Waals surface area (Å²) in [4.78, 5) is 26.9. The number of carbonyl (C=O) groups excluding carboxylic acids is 2. The number of nitrogens with zero attached hydrogens (tertiary/aromatic N) is 1. The number of methoxy groups -OCH3 is 1. The van der Waals surface area contributed by atoms with Gasteiger partial charge in [-0.15, -0.1) is 0 Å². The maximum atomic E-state index is 12.7. The number of amides is 2. The normalized spacial score (nSPS) is 16.2. The van der Waals surface area contributed by atoms with Gasteiger partial charge in [0.2, 0.25) is 5.91 Å². The number of hydrogen-bond donors (Lipinski definition) is 1. The first-order valence-corrected chi connectivity index (χ1v) is 10.0. The van der Waals surface area contributed by atoms with Gasteiger partial charge in [-0.2, -0.15) is 0 Å². The molecule has 154 valence electrons. The van der Waals surface area contributed by atoms with Gasteiger partial charge in [0.1, 0.15) is 18.1 Å². The number of piperidine rings is 1. The zero-order valence-electron chi connectivity index (χ0n) is 16.4. The first-order chi connectivity index (χ1) is 14.1. The number of rotatable bonds is 7. The summed E-state index contributed by atoms with van der Waals surface area (Å²) in [5.41, 5.74) is 0.585. The van der Waals surface area contributed by atoms with Crippen LogP contribution in [0, 0.1) is 5.92 Å². The Labute approximate surface area is 175 Å². The summed E-state index contributed by atoms with van der Waals surface area (Å²) < 4.78 is 10.8. The van der Waals surface area contributed by atoms with E-state index in [0.29, 0.717) is 42.6 Å². The zero-order chi connectivity index (χ0) is 20.6. The molecule has 7 heteroatoms. The molecule has 1 heterocycles. The van der Waals surface area contributed by atoms with Crippen LogP contribution in [0.2, 0.25) is 5.02 Å². The van der Waals surface area contributed by atoms with Crippen molar-refractivity contribution in [1.82, 2.24) is 10.2 Å². The van der Waals surface area contributed by atoms with Crippen molar-refractivity contribution in [3.8, 4) is 11.5 Å². The topological polar surface area (TPSA) is 67.9 Å². The third-order valence-corrected chi connectivity index (χ3v) is 5.13. The number of hydrogen-bond acceptors (Lipinski definition) is 4. The molecule has 6 nitrogen and oxygen atoms in total. The predicted octanol–water partition coefficient (Wildman–Crippen LogP) is 3.40. The standard InChI is InChI=1S/C22H25ClN2O4/c1-28-19-5-2-6-20(14-19)29-13-11-24-21(26)17-4-3-12-25(15-17)22(27)16-7-9-18(23)10-8-16/h2,5-10,14,17H,3-4,11-13,15H2,1H3,(H,24,26). The Morgan fingerprint density at radius 1 is 1.17 bits per heavy atom. The van der Waals surface area contributed by atoms with Crippen LogP contribution in [0.3, 0.4) is 0 Å². The lowest BCUT2D eigenvalue weighted by atomic mass is 9.96. The Hall–Kier alpha value is -2.73. The van der Waals surface area contributed by atoms with E-state index >= 15 is 0 Å². The molecule has 0 bridgehead atoms. The van der Waals surface area contributed by atoms with Gasteiger partial charge < -0.3 is 19.7 Å². The Morgan fingerprint density at radius 2 is 1.93 bits per heavy atom. The number of halogens is 1. The summed E-state index contributed by atoms with van der Waals surface area (Å²) in [5, 5.41) is 3.50. The van der Waals surface area contributed by atoms with Crippen LogP contribution >= 0.6 is 11.6 Å². The highest BCUT2D eigenvalue weighted by molar-refractivity contribution is 6.30. The van der Waals surface area contributed by atoms with Crippen molar-refractivity contribution in [2.75, 3.05) is 33.4 Å². The highest BCUT2D eigenvalue weighted by Crippen LogP contribution is 2.20. The molecule has 0 spiro atoms. The molecule has 2 amide bonds. The minimum atomic E-state index is -0.211. The van der Waals surface area contributed by atoms with Gasteiger partial charge in [-0.1, -0.05) is 17.7 Å². The molecule has 2 aromatic carbocycles. The van der Waals surface area contributed by atoms with Crippen LogP contribution in [0.15, 0.2) is 48.5 Å². The maximum absolute atomic E-state index is 12.7. The van der Waals surface area contributed by atoms with E-state index in [0.717, 1.165) is 18.6 Å². The lowest BCUT2D eigenvalue weighted by Crippen LogP contribution is -2.46. The number of ether oxygens (including phenoxy) is 2. The molecule has 3 rings (SSSR count). The van der Waals surface area contributed by atoms with E-state index in [1.807, 2.05) is 18.2 Å². The molecule has 2 aromatic rings. The van der Waals surface area contributed by atoms with Gasteiger partial charge in [-0.25, -0.2) is 0 Å². The fraction of sp³-hybridized carbons (Fsp3) is 0.364. The van der Waals surface area contributed by atoms with Crippen LogP contribution in [-0.4, -0.2) is 50.1 Å². The molecule has 29 heavy (non-hydrogen) atoms. The summed E-state index contributed by atoms with van der Waals surface area (Å²) in [5.74, 6) is 1.08. The van der Waals surface area contributed by atoms with Crippen molar-refractivity contribution in [3.63, 3.8) is 0 Å². The van der Waals surface area contributed by atoms with Gasteiger partial charge in [0.05, 0.1) is 19.6 Å². The molecule has 1 fully saturated rings. The second-order valence-electron chi connectivity index (χ2n) is 6.92. The van der Waals surface area contributed by atoms with E-state index in [9.17, 15) is 9.59 Å². The summed E-state index contributed by atoms with van der Waals surface area (Å²) in [6.45, 7) is 1.84. The third-order valence-electron chi connectivity index (χ3n) is 4.88. The van der Waals surface area contributed by atoms with E-state index in [2.05, 4.69) is 5.32 Å². The smallest absolute Gasteiger partial charge is 0.253 e. The average Bonchev–Trinajstić information content (AvgIpc) is 2.77. The summed E-state index contributed by atoms with van der Waals surface area (Å²) in [6.07, 6.45) is 1.57. The van der Waals surface area contributed by atoms with Crippen molar-refractivity contribution < 1.29 is 19.1 Å². The number of nitrogens with one attached hydrogen (secondary N) is 1. The van der Waals surface area contributed by atoms with E-state index in [1.54, 1.807) is 42.3 Å². The van der Waals surface area contributed by atoms with Gasteiger partial charge in [0.25, 0.3) is 5.91 Å². The fourth-order valence-electron chi connectivity index (χ4n) is 3.33. The molecular weight excluding hydrogens is 392 g/mol. The van der Waals surface area contributed by atoms with Crippen LogP contribution < -0.4 is 14.8 Å². The Balaban J connectivity index is 1.45. The molecule has 1 unspecified atom stereocenters. The van der Waals surface area contributed by atoms with Crippen molar-refractivity contribution in [3.05, 3.63) is 59.1 Å². The van der Waals surface area contributed by atoms with Crippen molar-refractivity contribution in [2.24, 2.45) is 5.92 Å². The average molecular weight is 417 g/mol. The molecular formula is C22H25ClN2O4. The van der Waals surface area contributed by atoms with Gasteiger partial charge in [-0.05, 0) is 49.2 Å². The highest BCUT2D eigenvalue weighted by atomic mass is 35.5. The van der Waals surface area contributed by atoms with Gasteiger partial charge in [0, 0.05) is 29.7 Å². The zero-order valence-corrected chi connectivity index (χ0v) is 17.2. The summed E-state index contributed by atoms with van der Waals surface area (Å²) in [7, 11) is 1.60. The molecule has 0 saturated carbocycles. The molecule has 0 radical (unpaired) electrons. The van der Waals surface area contributed by atoms with Crippen LogP contribution in [0.5, 0.6) is 11.5 Å². The third kappa shape index (κ3) is 5.87. The van der Waals surface area contributed by atoms with Crippen LogP contribution in [0.25, 0.3) is 0 Å². The molecule has 1 saturated heterocycles. The molecule has 0 aromatic heterocycles. The van der Waals surface area contributed by atoms with Crippen LogP contribution in [0.1, 0.15) is 23.2 Å². The summed E-state index contributed by atoms with van der Waals surface area (Å²) in [6, 6.07) is 14.1. The highest BCUT2D eigenvalue weighted by Gasteiger charge is 2.28. The molecule has 1 atom stereocenters. The molecule has 1 aliphatic heterocycles. The van der Waals surface area contributed by atoms with E-state index in [4.69, 9.17) is 21.1 Å². The fourth-order valence-corrected chi connectivity index (χ4v) is 3.46. The Morgan fingerprint density at radius 3 is 2.69 bits per heavy atom.